The SMILES string of the molecule is COC(=O)c1ccc([C@H]2c3c(n[nH]c3C)C(=O)N2CCc2c[nH]c3ccccc23)cc1. The van der Waals surface area contributed by atoms with Crippen molar-refractivity contribution in [1.29, 1.82) is 0 Å². The van der Waals surface area contributed by atoms with Crippen molar-refractivity contribution >= 4 is 22.8 Å². The molecule has 0 radical (unpaired) electrons. The molecule has 7 heteroatoms. The maximum Gasteiger partial charge on any atom is 0.337 e. The van der Waals surface area contributed by atoms with Gasteiger partial charge in [-0.1, -0.05) is 30.3 Å². The Balaban J connectivity index is 1.48. The number of ether oxygens (including phenoxy) is 1. The second-order valence-electron chi connectivity index (χ2n) is 7.74. The number of carbonyl (C=O) groups excluding carboxylic acids is 2. The van der Waals surface area contributed by atoms with Crippen molar-refractivity contribution in [3.63, 3.8) is 0 Å². The molecule has 1 atom stereocenters. The van der Waals surface area contributed by atoms with Gasteiger partial charge in [-0.05, 0) is 42.7 Å². The summed E-state index contributed by atoms with van der Waals surface area (Å²) < 4.78 is 4.80. The van der Waals surface area contributed by atoms with Gasteiger partial charge in [0.25, 0.3) is 5.91 Å². The van der Waals surface area contributed by atoms with Crippen LogP contribution in [-0.2, 0) is 11.2 Å². The van der Waals surface area contributed by atoms with Crippen LogP contribution in [-0.4, -0.2) is 45.6 Å². The van der Waals surface area contributed by atoms with Crippen molar-refractivity contribution in [2.45, 2.75) is 19.4 Å². The Morgan fingerprint density at radius 1 is 1.16 bits per heavy atom. The lowest BCUT2D eigenvalue weighted by molar-refractivity contribution is 0.0600. The fraction of sp³-hybridized carbons (Fsp3) is 0.208. The molecular formula is C24H22N4O3. The van der Waals surface area contributed by atoms with Gasteiger partial charge in [0.2, 0.25) is 0 Å². The van der Waals surface area contributed by atoms with Gasteiger partial charge in [0.15, 0.2) is 5.69 Å². The second kappa shape index (κ2) is 7.43. The van der Waals surface area contributed by atoms with Crippen molar-refractivity contribution in [3.05, 3.63) is 88.4 Å². The predicted octanol–water partition coefficient (Wildman–Crippen LogP) is 3.77. The molecule has 0 spiro atoms. The summed E-state index contributed by atoms with van der Waals surface area (Å²) in [6.07, 6.45) is 2.73. The van der Waals surface area contributed by atoms with E-state index in [0.29, 0.717) is 17.8 Å². The normalized spacial score (nSPS) is 15.5. The molecule has 2 aromatic carbocycles. The van der Waals surface area contributed by atoms with Crippen LogP contribution in [0.5, 0.6) is 0 Å². The highest BCUT2D eigenvalue weighted by molar-refractivity contribution is 5.98. The maximum absolute atomic E-state index is 13.2. The Labute approximate surface area is 179 Å². The number of hydrogen-bond donors (Lipinski definition) is 2. The van der Waals surface area contributed by atoms with Crippen LogP contribution in [0.3, 0.4) is 0 Å². The summed E-state index contributed by atoms with van der Waals surface area (Å²) in [5.41, 5.74) is 5.91. The molecule has 0 bridgehead atoms. The third-order valence-electron chi connectivity index (χ3n) is 5.99. The van der Waals surface area contributed by atoms with Crippen molar-refractivity contribution in [1.82, 2.24) is 20.1 Å². The molecule has 1 aliphatic rings. The highest BCUT2D eigenvalue weighted by Gasteiger charge is 2.41. The maximum atomic E-state index is 13.2. The highest BCUT2D eigenvalue weighted by Crippen LogP contribution is 2.39. The molecule has 2 N–H and O–H groups in total. The number of nitrogens with zero attached hydrogens (tertiary/aromatic N) is 2. The molecule has 1 amide bonds. The van der Waals surface area contributed by atoms with Gasteiger partial charge in [-0.25, -0.2) is 4.79 Å². The summed E-state index contributed by atoms with van der Waals surface area (Å²) in [5, 5.41) is 8.38. The number of amides is 1. The molecule has 31 heavy (non-hydrogen) atoms. The number of esters is 1. The van der Waals surface area contributed by atoms with Crippen LogP contribution in [0.2, 0.25) is 0 Å². The summed E-state index contributed by atoms with van der Waals surface area (Å²) >= 11 is 0. The number of para-hydroxylation sites is 1. The number of nitrogens with one attached hydrogen (secondary N) is 2. The molecule has 4 aromatic rings. The van der Waals surface area contributed by atoms with Gasteiger partial charge < -0.3 is 14.6 Å². The standard InChI is InChI=1S/C24H22N4O3/c1-14-20-21(27-26-14)23(29)28(12-11-17-13-25-19-6-4-3-5-18(17)19)22(20)15-7-9-16(10-8-15)24(30)31-2/h3-10,13,22,25H,11-12H2,1-2H3,(H,26,27)/t22-/m0/s1. The van der Waals surface area contributed by atoms with Crippen LogP contribution in [0.15, 0.2) is 54.7 Å². The van der Waals surface area contributed by atoms with Gasteiger partial charge in [-0.2, -0.15) is 5.10 Å². The quantitative estimate of drug-likeness (QED) is 0.486. The van der Waals surface area contributed by atoms with Gasteiger partial charge in [0, 0.05) is 34.9 Å². The average molecular weight is 414 g/mol. The lowest BCUT2D eigenvalue weighted by Gasteiger charge is -2.26. The zero-order valence-corrected chi connectivity index (χ0v) is 17.3. The third-order valence-corrected chi connectivity index (χ3v) is 5.99. The highest BCUT2D eigenvalue weighted by atomic mass is 16.5. The first-order valence-corrected chi connectivity index (χ1v) is 10.2. The van der Waals surface area contributed by atoms with E-state index in [4.69, 9.17) is 4.74 Å². The van der Waals surface area contributed by atoms with E-state index < -0.39 is 0 Å². The van der Waals surface area contributed by atoms with Crippen molar-refractivity contribution in [3.8, 4) is 0 Å². The minimum atomic E-state index is -0.384. The molecule has 0 saturated heterocycles. The molecule has 0 aliphatic carbocycles. The van der Waals surface area contributed by atoms with Gasteiger partial charge >= 0.3 is 5.97 Å². The molecule has 0 saturated carbocycles. The number of hydrogen-bond acceptors (Lipinski definition) is 4. The van der Waals surface area contributed by atoms with Crippen LogP contribution >= 0.6 is 0 Å². The van der Waals surface area contributed by atoms with Gasteiger partial charge in [0.1, 0.15) is 0 Å². The average Bonchev–Trinajstić information content (AvgIpc) is 3.46. The smallest absolute Gasteiger partial charge is 0.337 e. The van der Waals surface area contributed by atoms with Crippen molar-refractivity contribution in [2.24, 2.45) is 0 Å². The molecule has 1 aliphatic heterocycles. The molecule has 156 valence electrons. The van der Waals surface area contributed by atoms with E-state index in [1.54, 1.807) is 12.1 Å². The van der Waals surface area contributed by atoms with Crippen LogP contribution < -0.4 is 0 Å². The summed E-state index contributed by atoms with van der Waals surface area (Å²) in [4.78, 5) is 30.2. The lowest BCUT2D eigenvalue weighted by atomic mass is 9.98. The van der Waals surface area contributed by atoms with E-state index in [0.717, 1.165) is 28.8 Å². The van der Waals surface area contributed by atoms with Crippen LogP contribution in [0.4, 0.5) is 0 Å². The first-order valence-electron chi connectivity index (χ1n) is 10.2. The molecule has 7 nitrogen and oxygen atoms in total. The van der Waals surface area contributed by atoms with Gasteiger partial charge in [0.05, 0.1) is 18.7 Å². The molecule has 0 unspecified atom stereocenters. The fourth-order valence-corrected chi connectivity index (χ4v) is 4.42. The summed E-state index contributed by atoms with van der Waals surface area (Å²) in [6, 6.07) is 15.1. The zero-order valence-electron chi connectivity index (χ0n) is 17.3. The topological polar surface area (TPSA) is 91.1 Å². The Kier molecular flexibility index (Phi) is 4.58. The largest absolute Gasteiger partial charge is 0.465 e. The monoisotopic (exact) mass is 414 g/mol. The molecular weight excluding hydrogens is 392 g/mol. The zero-order chi connectivity index (χ0) is 21.5. The van der Waals surface area contributed by atoms with E-state index in [2.05, 4.69) is 21.2 Å². The van der Waals surface area contributed by atoms with Crippen molar-refractivity contribution < 1.29 is 14.3 Å². The van der Waals surface area contributed by atoms with E-state index in [1.165, 1.54) is 18.1 Å². The lowest BCUT2D eigenvalue weighted by Crippen LogP contribution is -2.31. The Morgan fingerprint density at radius 2 is 1.94 bits per heavy atom. The summed E-state index contributed by atoms with van der Waals surface area (Å²) in [6.45, 7) is 2.48. The van der Waals surface area contributed by atoms with E-state index in [9.17, 15) is 9.59 Å². The predicted molar refractivity (Wildman–Crippen MR) is 116 cm³/mol. The molecule has 0 fully saturated rings. The van der Waals surface area contributed by atoms with E-state index in [-0.39, 0.29) is 17.9 Å². The number of carbonyl (C=O) groups is 2. The fourth-order valence-electron chi connectivity index (χ4n) is 4.42. The number of fused-ring (bicyclic) bond motifs is 2. The van der Waals surface area contributed by atoms with E-state index in [1.807, 2.05) is 48.4 Å². The second-order valence-corrected chi connectivity index (χ2v) is 7.74. The van der Waals surface area contributed by atoms with Crippen molar-refractivity contribution in [2.75, 3.05) is 13.7 Å². The Morgan fingerprint density at radius 3 is 2.71 bits per heavy atom. The number of aryl methyl sites for hydroxylation is 1. The molecule has 5 rings (SSSR count). The Bertz CT molecular complexity index is 1290. The van der Waals surface area contributed by atoms with Gasteiger partial charge in [-0.3, -0.25) is 9.89 Å². The summed E-state index contributed by atoms with van der Waals surface area (Å²) in [7, 11) is 1.36. The minimum Gasteiger partial charge on any atom is -0.465 e. The first-order chi connectivity index (χ1) is 15.1. The number of benzene rings is 2. The number of rotatable bonds is 5. The number of aromatic amines is 2. The van der Waals surface area contributed by atoms with Crippen LogP contribution in [0.1, 0.15) is 49.3 Å². The van der Waals surface area contributed by atoms with Crippen LogP contribution in [0, 0.1) is 6.92 Å². The summed E-state index contributed by atoms with van der Waals surface area (Å²) in [5.74, 6) is -0.466. The van der Waals surface area contributed by atoms with E-state index >= 15 is 0 Å². The van der Waals surface area contributed by atoms with Gasteiger partial charge in [-0.15, -0.1) is 0 Å². The Hall–Kier alpha value is -3.87. The third kappa shape index (κ3) is 3.09. The number of aromatic nitrogens is 3. The number of methoxy groups -OCH3 is 1. The number of H-pyrrole nitrogens is 2. The molecule has 3 heterocycles. The minimum absolute atomic E-state index is 0.0822. The van der Waals surface area contributed by atoms with Crippen LogP contribution in [0.25, 0.3) is 10.9 Å². The first kappa shape index (κ1) is 19.1. The molecule has 2 aromatic heterocycles.